The Morgan fingerprint density at radius 3 is 2.88 bits per heavy atom. The number of hydrogen-bond acceptors (Lipinski definition) is 2. The number of ether oxygens (including phenoxy) is 1. The Morgan fingerprint density at radius 2 is 2.18 bits per heavy atom. The van der Waals surface area contributed by atoms with Crippen molar-refractivity contribution in [1.82, 2.24) is 5.32 Å². The lowest BCUT2D eigenvalue weighted by molar-refractivity contribution is 0.126. The predicted molar refractivity (Wildman–Crippen MR) is 69.3 cm³/mol. The van der Waals surface area contributed by atoms with E-state index >= 15 is 0 Å². The maximum absolute atomic E-state index is 13.1. The Bertz CT molecular complexity index is 348. The van der Waals surface area contributed by atoms with Gasteiger partial charge in [-0.15, -0.1) is 0 Å². The highest BCUT2D eigenvalue weighted by atomic mass is 79.9. The first-order valence-corrected chi connectivity index (χ1v) is 6.77. The lowest BCUT2D eigenvalue weighted by Gasteiger charge is -2.06. The quantitative estimate of drug-likeness (QED) is 0.782. The van der Waals surface area contributed by atoms with Crippen LogP contribution in [-0.4, -0.2) is 19.8 Å². The molecule has 0 heterocycles. The molecular formula is C13H17BrFNO. The van der Waals surface area contributed by atoms with Gasteiger partial charge < -0.3 is 10.1 Å². The summed E-state index contributed by atoms with van der Waals surface area (Å²) in [6.45, 7) is 3.10. The third-order valence-electron chi connectivity index (χ3n) is 2.73. The van der Waals surface area contributed by atoms with Gasteiger partial charge in [0.15, 0.2) is 0 Å². The van der Waals surface area contributed by atoms with E-state index in [1.165, 1.54) is 18.9 Å². The molecule has 1 aromatic carbocycles. The van der Waals surface area contributed by atoms with E-state index in [2.05, 4.69) is 21.2 Å². The van der Waals surface area contributed by atoms with Gasteiger partial charge in [-0.25, -0.2) is 4.39 Å². The van der Waals surface area contributed by atoms with Crippen LogP contribution in [0.4, 0.5) is 4.39 Å². The summed E-state index contributed by atoms with van der Waals surface area (Å²) in [5.74, 6) is 0.607. The Kier molecular flexibility index (Phi) is 4.95. The van der Waals surface area contributed by atoms with Gasteiger partial charge in [-0.2, -0.15) is 0 Å². The molecule has 1 aromatic rings. The van der Waals surface area contributed by atoms with E-state index in [1.807, 2.05) is 6.07 Å². The van der Waals surface area contributed by atoms with Crippen LogP contribution >= 0.6 is 15.9 Å². The molecule has 0 aliphatic heterocycles. The molecule has 1 aliphatic rings. The molecule has 2 rings (SSSR count). The van der Waals surface area contributed by atoms with Gasteiger partial charge in [0.2, 0.25) is 0 Å². The lowest BCUT2D eigenvalue weighted by Crippen LogP contribution is -2.19. The van der Waals surface area contributed by atoms with E-state index in [0.717, 1.165) is 35.7 Å². The molecule has 0 radical (unpaired) electrons. The van der Waals surface area contributed by atoms with Crippen molar-refractivity contribution in [2.45, 2.75) is 19.4 Å². The van der Waals surface area contributed by atoms with Gasteiger partial charge in [0.05, 0.1) is 6.61 Å². The van der Waals surface area contributed by atoms with E-state index in [4.69, 9.17) is 4.74 Å². The Hall–Kier alpha value is -0.450. The summed E-state index contributed by atoms with van der Waals surface area (Å²) in [5.41, 5.74) is 0.944. The summed E-state index contributed by atoms with van der Waals surface area (Å²) < 4.78 is 19.3. The monoisotopic (exact) mass is 301 g/mol. The van der Waals surface area contributed by atoms with Crippen molar-refractivity contribution in [3.63, 3.8) is 0 Å². The highest BCUT2D eigenvalue weighted by Crippen LogP contribution is 2.28. The van der Waals surface area contributed by atoms with Crippen LogP contribution in [0.1, 0.15) is 18.4 Å². The molecular weight excluding hydrogens is 285 g/mol. The molecule has 4 heteroatoms. The van der Waals surface area contributed by atoms with Gasteiger partial charge in [-0.1, -0.05) is 15.9 Å². The summed E-state index contributed by atoms with van der Waals surface area (Å²) in [4.78, 5) is 0. The fourth-order valence-electron chi connectivity index (χ4n) is 1.62. The van der Waals surface area contributed by atoms with E-state index in [9.17, 15) is 4.39 Å². The van der Waals surface area contributed by atoms with Crippen molar-refractivity contribution >= 4 is 15.9 Å². The first kappa shape index (κ1) is 13.0. The van der Waals surface area contributed by atoms with Crippen molar-refractivity contribution in [3.8, 4) is 0 Å². The zero-order valence-corrected chi connectivity index (χ0v) is 11.3. The van der Waals surface area contributed by atoms with Crippen molar-refractivity contribution in [2.24, 2.45) is 5.92 Å². The van der Waals surface area contributed by atoms with Gasteiger partial charge in [-0.05, 0) is 42.5 Å². The maximum Gasteiger partial charge on any atom is 0.124 e. The van der Waals surface area contributed by atoms with E-state index < -0.39 is 0 Å². The Labute approximate surface area is 110 Å². The molecule has 0 spiro atoms. The molecule has 0 amide bonds. The second-order valence-corrected chi connectivity index (χ2v) is 5.39. The molecule has 0 aromatic heterocycles. The van der Waals surface area contributed by atoms with Crippen LogP contribution in [0.25, 0.3) is 0 Å². The van der Waals surface area contributed by atoms with Crippen LogP contribution in [0, 0.1) is 11.7 Å². The summed E-state index contributed by atoms with van der Waals surface area (Å²) in [6, 6.07) is 4.92. The van der Waals surface area contributed by atoms with Crippen LogP contribution in [0.3, 0.4) is 0 Å². The lowest BCUT2D eigenvalue weighted by atomic mass is 10.2. The summed E-state index contributed by atoms with van der Waals surface area (Å²) in [7, 11) is 0. The SMILES string of the molecule is Fc1cc(Br)cc(CNCCOCC2CC2)c1. The second kappa shape index (κ2) is 6.47. The molecule has 0 bridgehead atoms. The average Bonchev–Trinajstić information content (AvgIpc) is 3.05. The highest BCUT2D eigenvalue weighted by molar-refractivity contribution is 9.10. The molecule has 2 nitrogen and oxygen atoms in total. The first-order valence-electron chi connectivity index (χ1n) is 5.97. The van der Waals surface area contributed by atoms with Crippen molar-refractivity contribution in [3.05, 3.63) is 34.1 Å². The minimum absolute atomic E-state index is 0.207. The number of hydrogen-bond donors (Lipinski definition) is 1. The zero-order chi connectivity index (χ0) is 12.1. The van der Waals surface area contributed by atoms with Crippen LogP contribution < -0.4 is 5.32 Å². The second-order valence-electron chi connectivity index (χ2n) is 4.47. The van der Waals surface area contributed by atoms with Gasteiger partial charge in [-0.3, -0.25) is 0 Å². The normalized spacial score (nSPS) is 15.2. The summed E-state index contributed by atoms with van der Waals surface area (Å²) in [6.07, 6.45) is 2.65. The summed E-state index contributed by atoms with van der Waals surface area (Å²) in [5, 5.41) is 3.24. The van der Waals surface area contributed by atoms with E-state index in [1.54, 1.807) is 6.07 Å². The molecule has 0 unspecified atom stereocenters. The molecule has 0 atom stereocenters. The third kappa shape index (κ3) is 5.15. The summed E-state index contributed by atoms with van der Waals surface area (Å²) >= 11 is 3.28. The smallest absolute Gasteiger partial charge is 0.124 e. The minimum atomic E-state index is -0.207. The standard InChI is InChI=1S/C13H17BrFNO/c14-12-5-11(6-13(15)7-12)8-16-3-4-17-9-10-1-2-10/h5-7,10,16H,1-4,8-9H2. The molecule has 17 heavy (non-hydrogen) atoms. The van der Waals surface area contributed by atoms with Crippen molar-refractivity contribution in [2.75, 3.05) is 19.8 Å². The topological polar surface area (TPSA) is 21.3 Å². The Morgan fingerprint density at radius 1 is 1.35 bits per heavy atom. The molecule has 1 fully saturated rings. The average molecular weight is 302 g/mol. The number of benzene rings is 1. The number of nitrogens with one attached hydrogen (secondary N) is 1. The van der Waals surface area contributed by atoms with Crippen LogP contribution in [0.2, 0.25) is 0 Å². The minimum Gasteiger partial charge on any atom is -0.380 e. The van der Waals surface area contributed by atoms with Gasteiger partial charge in [0, 0.05) is 24.2 Å². The molecule has 1 saturated carbocycles. The zero-order valence-electron chi connectivity index (χ0n) is 9.72. The maximum atomic E-state index is 13.1. The first-order chi connectivity index (χ1) is 8.24. The van der Waals surface area contributed by atoms with Crippen LogP contribution in [0.15, 0.2) is 22.7 Å². The van der Waals surface area contributed by atoms with Gasteiger partial charge in [0.1, 0.15) is 5.82 Å². The van der Waals surface area contributed by atoms with Gasteiger partial charge >= 0.3 is 0 Å². The van der Waals surface area contributed by atoms with Crippen LogP contribution in [-0.2, 0) is 11.3 Å². The van der Waals surface area contributed by atoms with E-state index in [0.29, 0.717) is 6.54 Å². The number of rotatable bonds is 7. The fraction of sp³-hybridized carbons (Fsp3) is 0.538. The predicted octanol–water partition coefficient (Wildman–Crippen LogP) is 3.10. The number of halogens is 2. The Balaban J connectivity index is 1.59. The highest BCUT2D eigenvalue weighted by Gasteiger charge is 2.20. The van der Waals surface area contributed by atoms with Crippen molar-refractivity contribution in [1.29, 1.82) is 0 Å². The van der Waals surface area contributed by atoms with Gasteiger partial charge in [0.25, 0.3) is 0 Å². The molecule has 94 valence electrons. The molecule has 1 aliphatic carbocycles. The largest absolute Gasteiger partial charge is 0.380 e. The molecule has 1 N–H and O–H groups in total. The van der Waals surface area contributed by atoms with Crippen molar-refractivity contribution < 1.29 is 9.13 Å². The third-order valence-corrected chi connectivity index (χ3v) is 3.18. The van der Waals surface area contributed by atoms with E-state index in [-0.39, 0.29) is 5.82 Å². The molecule has 0 saturated heterocycles. The fourth-order valence-corrected chi connectivity index (χ4v) is 2.14. The van der Waals surface area contributed by atoms with Crippen LogP contribution in [0.5, 0.6) is 0 Å².